The van der Waals surface area contributed by atoms with Crippen LogP contribution in [0.15, 0.2) is 24.3 Å². The number of rotatable bonds is 11. The van der Waals surface area contributed by atoms with Gasteiger partial charge in [0.15, 0.2) is 0 Å². The van der Waals surface area contributed by atoms with Crippen molar-refractivity contribution in [1.82, 2.24) is 15.1 Å². The molecule has 0 bridgehead atoms. The zero-order chi connectivity index (χ0) is 27.1. The van der Waals surface area contributed by atoms with Crippen LogP contribution in [-0.2, 0) is 4.74 Å². The minimum Gasteiger partial charge on any atom is -0.465 e. The molecule has 0 aromatic rings. The molecule has 4 aliphatic carbocycles. The number of amides is 3. The zero-order valence-electron chi connectivity index (χ0n) is 22.2. The highest BCUT2D eigenvalue weighted by Crippen LogP contribution is 2.54. The van der Waals surface area contributed by atoms with Gasteiger partial charge in [-0.3, -0.25) is 0 Å². The standard InChI is InChI=1S/C28H44N4O6/c29-13-14-30-26(33)38-19(15-31(27(34)35)17-24-20-9-5-1-2-6-10-21(20)24)16-32(28(36)37)18-25-22-11-7-3-4-8-12-23(22)25/h1-4,19-25H,5-18,29H2,(H,30,33)(H,34,35)(H,36,37). The number of nitrogens with one attached hydrogen (secondary N) is 1. The van der Waals surface area contributed by atoms with Crippen LogP contribution in [0.2, 0.25) is 0 Å². The second kappa shape index (κ2) is 13.4. The summed E-state index contributed by atoms with van der Waals surface area (Å²) in [5.41, 5.74) is 5.48. The fourth-order valence-corrected chi connectivity index (χ4v) is 6.89. The van der Waals surface area contributed by atoms with Gasteiger partial charge in [-0.1, -0.05) is 24.3 Å². The highest BCUT2D eigenvalue weighted by atomic mass is 16.6. The van der Waals surface area contributed by atoms with Gasteiger partial charge in [-0.2, -0.15) is 0 Å². The quantitative estimate of drug-likeness (QED) is 0.294. The van der Waals surface area contributed by atoms with Crippen LogP contribution in [0, 0.1) is 35.5 Å². The maximum absolute atomic E-state index is 12.4. The number of fused-ring (bicyclic) bond motifs is 2. The number of hydrogen-bond donors (Lipinski definition) is 4. The maximum atomic E-state index is 12.4. The number of carbonyl (C=O) groups is 3. The van der Waals surface area contributed by atoms with Gasteiger partial charge in [-0.25, -0.2) is 14.4 Å². The van der Waals surface area contributed by atoms with Crippen LogP contribution in [0.4, 0.5) is 14.4 Å². The number of nitrogens with zero attached hydrogens (tertiary/aromatic N) is 2. The molecule has 0 aliphatic heterocycles. The van der Waals surface area contributed by atoms with E-state index in [9.17, 15) is 24.6 Å². The number of carboxylic acid groups (broad SMARTS) is 2. The van der Waals surface area contributed by atoms with Gasteiger partial charge < -0.3 is 35.8 Å². The molecule has 10 nitrogen and oxygen atoms in total. The largest absolute Gasteiger partial charge is 0.465 e. The Morgan fingerprint density at radius 2 is 1.18 bits per heavy atom. The van der Waals surface area contributed by atoms with Gasteiger partial charge in [0.05, 0.1) is 13.1 Å². The Morgan fingerprint density at radius 3 is 1.53 bits per heavy atom. The fraction of sp³-hybridized carbons (Fsp3) is 0.750. The second-order valence-electron chi connectivity index (χ2n) is 11.4. The molecule has 212 valence electrons. The summed E-state index contributed by atoms with van der Waals surface area (Å²) in [5.74, 6) is 2.67. The van der Waals surface area contributed by atoms with Crippen molar-refractivity contribution >= 4 is 18.3 Å². The molecule has 3 amide bonds. The summed E-state index contributed by atoms with van der Waals surface area (Å²) in [6.45, 7) is 1.08. The van der Waals surface area contributed by atoms with Crippen molar-refractivity contribution in [1.29, 1.82) is 0 Å². The van der Waals surface area contributed by atoms with Crippen LogP contribution in [0.5, 0.6) is 0 Å². The predicted molar refractivity (Wildman–Crippen MR) is 143 cm³/mol. The average Bonchev–Trinajstić information content (AvgIpc) is 3.69. The Labute approximate surface area is 225 Å². The van der Waals surface area contributed by atoms with Crippen LogP contribution in [0.1, 0.15) is 51.4 Å². The first kappa shape index (κ1) is 28.3. The number of hydrogen-bond acceptors (Lipinski definition) is 5. The third kappa shape index (κ3) is 7.65. The lowest BCUT2D eigenvalue weighted by atomic mass is 10.1. The van der Waals surface area contributed by atoms with Gasteiger partial charge in [-0.05, 0) is 86.9 Å². The SMILES string of the molecule is NCCNC(=O)OC(CN(CC1C2CCC=CCCC21)C(=O)O)CN(CC1C2CCC=CCCC21)C(=O)O. The van der Waals surface area contributed by atoms with Gasteiger partial charge >= 0.3 is 18.3 Å². The number of alkyl carbamates (subject to hydrolysis) is 1. The Bertz CT molecular complexity index is 803. The minimum absolute atomic E-state index is 0.0647. The van der Waals surface area contributed by atoms with Gasteiger partial charge in [0.25, 0.3) is 0 Å². The molecular weight excluding hydrogens is 488 g/mol. The summed E-state index contributed by atoms with van der Waals surface area (Å²) < 4.78 is 5.60. The van der Waals surface area contributed by atoms with E-state index in [4.69, 9.17) is 10.5 Å². The molecule has 4 unspecified atom stereocenters. The third-order valence-electron chi connectivity index (χ3n) is 8.96. The van der Waals surface area contributed by atoms with Crippen molar-refractivity contribution in [2.24, 2.45) is 41.2 Å². The first-order valence-corrected chi connectivity index (χ1v) is 14.3. The summed E-state index contributed by atoms with van der Waals surface area (Å²) in [6, 6.07) is 0. The van der Waals surface area contributed by atoms with Crippen molar-refractivity contribution in [2.75, 3.05) is 39.3 Å². The third-order valence-corrected chi connectivity index (χ3v) is 8.96. The van der Waals surface area contributed by atoms with Crippen LogP contribution in [0.3, 0.4) is 0 Å². The molecule has 2 saturated carbocycles. The van der Waals surface area contributed by atoms with E-state index in [1.807, 2.05) is 0 Å². The second-order valence-corrected chi connectivity index (χ2v) is 11.4. The molecule has 0 saturated heterocycles. The Kier molecular flexibility index (Phi) is 9.93. The van der Waals surface area contributed by atoms with Gasteiger partial charge in [0.2, 0.25) is 0 Å². The highest BCUT2D eigenvalue weighted by Gasteiger charge is 2.51. The minimum atomic E-state index is -1.08. The van der Waals surface area contributed by atoms with Crippen molar-refractivity contribution < 1.29 is 29.3 Å². The van der Waals surface area contributed by atoms with Crippen LogP contribution >= 0.6 is 0 Å². The van der Waals surface area contributed by atoms with E-state index in [0.717, 1.165) is 51.4 Å². The summed E-state index contributed by atoms with van der Waals surface area (Å²) in [6.07, 6.45) is 13.4. The summed E-state index contributed by atoms with van der Waals surface area (Å²) in [4.78, 5) is 39.5. The Balaban J connectivity index is 1.40. The molecule has 4 rings (SSSR count). The van der Waals surface area contributed by atoms with Crippen molar-refractivity contribution in [3.63, 3.8) is 0 Å². The zero-order valence-corrected chi connectivity index (χ0v) is 22.2. The van der Waals surface area contributed by atoms with Gasteiger partial charge in [-0.15, -0.1) is 0 Å². The summed E-state index contributed by atoms with van der Waals surface area (Å²) >= 11 is 0. The number of allylic oxidation sites excluding steroid dienone is 4. The molecule has 5 N–H and O–H groups in total. The first-order chi connectivity index (χ1) is 18.4. The molecule has 0 spiro atoms. The Morgan fingerprint density at radius 1 is 0.789 bits per heavy atom. The van der Waals surface area contributed by atoms with E-state index >= 15 is 0 Å². The number of nitrogens with two attached hydrogens (primary N) is 1. The lowest BCUT2D eigenvalue weighted by Crippen LogP contribution is -2.48. The molecule has 0 aromatic heterocycles. The van der Waals surface area contributed by atoms with Gasteiger partial charge in [0.1, 0.15) is 6.10 Å². The predicted octanol–water partition coefficient (Wildman–Crippen LogP) is 3.98. The molecule has 0 heterocycles. The van der Waals surface area contributed by atoms with Crippen LogP contribution < -0.4 is 11.1 Å². The van der Waals surface area contributed by atoms with Crippen molar-refractivity contribution in [3.05, 3.63) is 24.3 Å². The molecule has 4 aliphatic rings. The fourth-order valence-electron chi connectivity index (χ4n) is 6.89. The average molecular weight is 533 g/mol. The number of carbonyl (C=O) groups excluding carboxylic acids is 1. The Hall–Kier alpha value is -2.75. The van der Waals surface area contributed by atoms with Crippen LogP contribution in [-0.4, -0.2) is 83.7 Å². The normalized spacial score (nSPS) is 30.2. The lowest BCUT2D eigenvalue weighted by molar-refractivity contribution is 0.0421. The molecule has 0 aromatic carbocycles. The van der Waals surface area contributed by atoms with E-state index in [0.29, 0.717) is 48.6 Å². The van der Waals surface area contributed by atoms with E-state index in [-0.39, 0.29) is 26.2 Å². The molecule has 2 fully saturated rings. The summed E-state index contributed by atoms with van der Waals surface area (Å²) in [5, 5.41) is 22.6. The maximum Gasteiger partial charge on any atom is 0.407 e. The van der Waals surface area contributed by atoms with Crippen molar-refractivity contribution in [3.8, 4) is 0 Å². The molecule has 38 heavy (non-hydrogen) atoms. The topological polar surface area (TPSA) is 145 Å². The van der Waals surface area contributed by atoms with Crippen molar-refractivity contribution in [2.45, 2.75) is 57.5 Å². The number of ether oxygens (including phenoxy) is 1. The molecular formula is C28H44N4O6. The van der Waals surface area contributed by atoms with E-state index in [1.54, 1.807) is 0 Å². The summed E-state index contributed by atoms with van der Waals surface area (Å²) in [7, 11) is 0. The van der Waals surface area contributed by atoms with E-state index in [1.165, 1.54) is 9.80 Å². The first-order valence-electron chi connectivity index (χ1n) is 14.3. The van der Waals surface area contributed by atoms with Crippen LogP contribution in [0.25, 0.3) is 0 Å². The van der Waals surface area contributed by atoms with Gasteiger partial charge in [0, 0.05) is 26.2 Å². The lowest BCUT2D eigenvalue weighted by Gasteiger charge is -2.29. The van der Waals surface area contributed by atoms with E-state index in [2.05, 4.69) is 29.6 Å². The molecule has 0 radical (unpaired) electrons. The van der Waals surface area contributed by atoms with E-state index < -0.39 is 24.4 Å². The molecule has 4 atom stereocenters. The highest BCUT2D eigenvalue weighted by molar-refractivity contribution is 5.68. The molecule has 10 heteroatoms. The smallest absolute Gasteiger partial charge is 0.407 e. The monoisotopic (exact) mass is 532 g/mol.